The van der Waals surface area contributed by atoms with Crippen LogP contribution in [0.2, 0.25) is 0 Å². The third-order valence-electron chi connectivity index (χ3n) is 8.60. The van der Waals surface area contributed by atoms with Crippen LogP contribution in [-0.4, -0.2) is 40.0 Å². The molecule has 4 fully saturated rings. The normalized spacial score (nSPS) is 26.3. The minimum absolute atomic E-state index is 0.0947. The molecule has 1 aromatic heterocycles. The first-order valence-corrected chi connectivity index (χ1v) is 15.3. The summed E-state index contributed by atoms with van der Waals surface area (Å²) in [5.41, 5.74) is 4.69. The Balaban J connectivity index is 1.47. The number of aliphatic hydroxyl groups excluding tert-OH is 1. The van der Waals surface area contributed by atoms with Gasteiger partial charge >= 0.3 is 14.0 Å². The topological polar surface area (TPSA) is 96.7 Å². The SMILES string of the molecule is CC(C)c1nc(C23CC4CC(CC(C4)C2)C3)cc(-c2ccc(F)cc2)c1C#CCO[P+](=O)C[C@@H](O)CC(=O)O. The van der Waals surface area contributed by atoms with E-state index in [-0.39, 0.29) is 29.9 Å². The molecule has 2 atom stereocenters. The number of carbonyl (C=O) groups is 1. The van der Waals surface area contributed by atoms with Gasteiger partial charge in [0.25, 0.3) is 0 Å². The summed E-state index contributed by atoms with van der Waals surface area (Å²) >= 11 is 0. The van der Waals surface area contributed by atoms with Gasteiger partial charge in [-0.2, -0.15) is 0 Å². The largest absolute Gasteiger partial charge is 0.511 e. The number of pyridine rings is 1. The fraction of sp³-hybridized carbons (Fsp3) is 0.548. The Morgan fingerprint density at radius 3 is 2.33 bits per heavy atom. The van der Waals surface area contributed by atoms with Crippen LogP contribution in [0, 0.1) is 35.4 Å². The summed E-state index contributed by atoms with van der Waals surface area (Å²) < 4.78 is 31.3. The van der Waals surface area contributed by atoms with Gasteiger partial charge in [-0.1, -0.05) is 37.8 Å². The molecular weight excluding hydrogens is 516 g/mol. The Morgan fingerprint density at radius 1 is 1.15 bits per heavy atom. The smallest absolute Gasteiger partial charge is 0.481 e. The van der Waals surface area contributed by atoms with Crippen LogP contribution in [0.3, 0.4) is 0 Å². The molecule has 4 aliphatic rings. The number of aliphatic hydroxyl groups is 1. The van der Waals surface area contributed by atoms with Crippen LogP contribution in [0.1, 0.15) is 81.7 Å². The van der Waals surface area contributed by atoms with Crippen LogP contribution in [0.25, 0.3) is 11.1 Å². The zero-order valence-corrected chi connectivity index (χ0v) is 23.4. The molecule has 0 saturated heterocycles. The number of aliphatic carboxylic acids is 1. The molecule has 0 radical (unpaired) electrons. The number of hydrogen-bond donors (Lipinski definition) is 2. The third-order valence-corrected chi connectivity index (χ3v) is 9.73. The monoisotopic (exact) mass is 552 g/mol. The van der Waals surface area contributed by atoms with Crippen molar-refractivity contribution in [3.05, 3.63) is 53.1 Å². The molecule has 1 heterocycles. The van der Waals surface area contributed by atoms with Gasteiger partial charge in [-0.25, -0.2) is 4.39 Å². The van der Waals surface area contributed by atoms with E-state index in [0.717, 1.165) is 45.8 Å². The standard InChI is InChI=1S/C31H35FNO5P/c1-19(2)30-26(4-3-9-38-39(37)18-25(34)13-29(35)36)27(23-5-7-24(32)8-6-23)14-28(33-30)31-15-20-10-21(16-31)12-22(11-20)17-31/h5-8,14,19-22,25,34H,9-13,15-18H2,1-2H3/p+1/t20?,21?,22?,25-,31?/m0/s1. The van der Waals surface area contributed by atoms with E-state index in [9.17, 15) is 18.9 Å². The maximum Gasteiger partial charge on any atom is 0.511 e. The maximum atomic E-state index is 13.8. The van der Waals surface area contributed by atoms with Gasteiger partial charge < -0.3 is 10.2 Å². The predicted molar refractivity (Wildman–Crippen MR) is 147 cm³/mol. The van der Waals surface area contributed by atoms with Gasteiger partial charge in [0.15, 0.2) is 6.61 Å². The highest BCUT2D eigenvalue weighted by Crippen LogP contribution is 2.60. The van der Waals surface area contributed by atoms with Gasteiger partial charge in [0.05, 0.1) is 17.7 Å². The zero-order chi connectivity index (χ0) is 27.7. The third kappa shape index (κ3) is 6.24. The van der Waals surface area contributed by atoms with Crippen LogP contribution in [0.4, 0.5) is 4.39 Å². The molecule has 8 heteroatoms. The highest BCUT2D eigenvalue weighted by molar-refractivity contribution is 7.39. The van der Waals surface area contributed by atoms with Crippen molar-refractivity contribution in [1.82, 2.24) is 4.98 Å². The van der Waals surface area contributed by atoms with Crippen molar-refractivity contribution in [2.75, 3.05) is 12.8 Å². The summed E-state index contributed by atoms with van der Waals surface area (Å²) in [6.45, 7) is 4.07. The van der Waals surface area contributed by atoms with Crippen LogP contribution in [0.5, 0.6) is 0 Å². The number of aromatic nitrogens is 1. The van der Waals surface area contributed by atoms with Crippen LogP contribution < -0.4 is 0 Å². The minimum Gasteiger partial charge on any atom is -0.481 e. The predicted octanol–water partition coefficient (Wildman–Crippen LogP) is 6.43. The average Bonchev–Trinajstić information content (AvgIpc) is 2.85. The summed E-state index contributed by atoms with van der Waals surface area (Å²) in [5.74, 6) is 7.13. The first-order chi connectivity index (χ1) is 18.6. The second-order valence-corrected chi connectivity index (χ2v) is 13.3. The molecule has 4 bridgehead atoms. The number of carboxylic acid groups (broad SMARTS) is 1. The quantitative estimate of drug-likeness (QED) is 0.275. The van der Waals surface area contributed by atoms with Gasteiger partial charge in [-0.3, -0.25) is 9.78 Å². The van der Waals surface area contributed by atoms with E-state index < -0.39 is 26.5 Å². The highest BCUT2D eigenvalue weighted by Gasteiger charge is 2.52. The molecule has 4 saturated carbocycles. The van der Waals surface area contributed by atoms with E-state index in [2.05, 4.69) is 31.8 Å². The first kappa shape index (κ1) is 27.9. The molecule has 2 N–H and O–H groups in total. The van der Waals surface area contributed by atoms with E-state index in [0.29, 0.717) is 0 Å². The zero-order valence-electron chi connectivity index (χ0n) is 22.5. The van der Waals surface area contributed by atoms with Gasteiger partial charge in [-0.05, 0) is 90.5 Å². The van der Waals surface area contributed by atoms with Crippen LogP contribution in [0.15, 0.2) is 30.3 Å². The van der Waals surface area contributed by atoms with Crippen LogP contribution >= 0.6 is 8.03 Å². The molecule has 4 aliphatic carbocycles. The lowest BCUT2D eigenvalue weighted by atomic mass is 9.48. The summed E-state index contributed by atoms with van der Waals surface area (Å²) in [7, 11) is -2.25. The first-order valence-electron chi connectivity index (χ1n) is 13.9. The number of nitrogens with zero attached hydrogens (tertiary/aromatic N) is 1. The van der Waals surface area contributed by atoms with E-state index in [1.54, 1.807) is 12.1 Å². The lowest BCUT2D eigenvalue weighted by Gasteiger charge is -2.56. The van der Waals surface area contributed by atoms with E-state index in [1.807, 2.05) is 0 Å². The molecule has 0 amide bonds. The summed E-state index contributed by atoms with van der Waals surface area (Å²) in [6.07, 6.45) is 5.61. The second-order valence-electron chi connectivity index (χ2n) is 12.0. The lowest BCUT2D eigenvalue weighted by molar-refractivity contribution is -0.138. The summed E-state index contributed by atoms with van der Waals surface area (Å²) in [6, 6.07) is 8.66. The van der Waals surface area contributed by atoms with Gasteiger partial charge in [-0.15, -0.1) is 4.52 Å². The average molecular weight is 553 g/mol. The van der Waals surface area contributed by atoms with Gasteiger partial charge in [0, 0.05) is 16.7 Å². The van der Waals surface area contributed by atoms with E-state index in [1.165, 1.54) is 50.7 Å². The molecule has 2 aromatic rings. The van der Waals surface area contributed by atoms with Crippen molar-refractivity contribution < 1.29 is 28.5 Å². The highest BCUT2D eigenvalue weighted by atomic mass is 31.1. The summed E-state index contributed by atoms with van der Waals surface area (Å²) in [4.78, 5) is 16.0. The number of hydrogen-bond acceptors (Lipinski definition) is 5. The molecule has 6 rings (SSSR count). The molecule has 1 unspecified atom stereocenters. The molecule has 0 spiro atoms. The Bertz CT molecular complexity index is 1280. The number of carboxylic acids is 1. The van der Waals surface area contributed by atoms with Crippen molar-refractivity contribution in [2.45, 2.75) is 76.2 Å². The molecule has 6 nitrogen and oxygen atoms in total. The fourth-order valence-corrected chi connectivity index (χ4v) is 8.17. The fourth-order valence-electron chi connectivity index (χ4n) is 7.39. The minimum atomic E-state index is -2.25. The van der Waals surface area contributed by atoms with Crippen molar-refractivity contribution >= 4 is 14.0 Å². The number of halogens is 1. The van der Waals surface area contributed by atoms with Crippen molar-refractivity contribution in [1.29, 1.82) is 0 Å². The van der Waals surface area contributed by atoms with E-state index in [4.69, 9.17) is 14.6 Å². The molecule has 0 aliphatic heterocycles. The van der Waals surface area contributed by atoms with Crippen LogP contribution in [-0.2, 0) is 19.3 Å². The lowest BCUT2D eigenvalue weighted by Crippen LogP contribution is -2.49. The van der Waals surface area contributed by atoms with Crippen molar-refractivity contribution in [2.24, 2.45) is 17.8 Å². The summed E-state index contributed by atoms with van der Waals surface area (Å²) in [5, 5.41) is 18.5. The Kier molecular flexibility index (Phi) is 8.19. The number of rotatable bonds is 9. The van der Waals surface area contributed by atoms with Crippen molar-refractivity contribution in [3.63, 3.8) is 0 Å². The Morgan fingerprint density at radius 2 is 1.77 bits per heavy atom. The molecule has 1 aromatic carbocycles. The second kappa shape index (κ2) is 11.5. The van der Waals surface area contributed by atoms with Gasteiger partial charge in [0.2, 0.25) is 6.16 Å². The van der Waals surface area contributed by atoms with Crippen molar-refractivity contribution in [3.8, 4) is 23.0 Å². The number of benzene rings is 1. The Labute approximate surface area is 230 Å². The molecule has 206 valence electrons. The molecule has 39 heavy (non-hydrogen) atoms. The maximum absolute atomic E-state index is 13.8. The van der Waals surface area contributed by atoms with E-state index >= 15 is 0 Å². The Hall–Kier alpha value is -2.65. The molecular formula is C31H36FNO5P+. The van der Waals surface area contributed by atoms with Gasteiger partial charge in [0.1, 0.15) is 11.9 Å².